The fraction of sp³-hybridized carbons (Fsp3) is 0.0526. The molecular weight excluding hydrogens is 731 g/mol. The van der Waals surface area contributed by atoms with E-state index in [4.69, 9.17) is 0 Å². The summed E-state index contributed by atoms with van der Waals surface area (Å²) in [4.78, 5) is 2.51. The third-order valence-corrected chi connectivity index (χ3v) is 13.4. The van der Waals surface area contributed by atoms with E-state index in [1.54, 1.807) is 0 Å². The summed E-state index contributed by atoms with van der Waals surface area (Å²) in [6, 6.07) is 78.3. The number of thiophene rings is 1. The van der Waals surface area contributed by atoms with Gasteiger partial charge in [-0.25, -0.2) is 0 Å². The van der Waals surface area contributed by atoms with Crippen molar-refractivity contribution in [2.45, 2.75) is 19.3 Å². The number of rotatable bonds is 7. The number of benzene rings is 9. The molecule has 9 aromatic carbocycles. The predicted octanol–water partition coefficient (Wildman–Crippen LogP) is 16.5. The summed E-state index contributed by atoms with van der Waals surface area (Å²) < 4.78 is 2.57. The van der Waals surface area contributed by atoms with Crippen molar-refractivity contribution in [1.82, 2.24) is 0 Å². The summed E-state index contributed by atoms with van der Waals surface area (Å²) in [5.41, 5.74) is 18.2. The number of hydrogen-bond acceptors (Lipinski definition) is 2. The smallest absolute Gasteiger partial charge is 0.0547 e. The van der Waals surface area contributed by atoms with Crippen LogP contribution in [-0.4, -0.2) is 0 Å². The molecule has 0 spiro atoms. The fourth-order valence-corrected chi connectivity index (χ4v) is 10.4. The molecule has 0 N–H and O–H groups in total. The number of fused-ring (bicyclic) bond motifs is 6. The lowest BCUT2D eigenvalue weighted by Crippen LogP contribution is -2.17. The second kappa shape index (κ2) is 14.1. The van der Waals surface area contributed by atoms with Gasteiger partial charge in [0.15, 0.2) is 0 Å². The molecule has 280 valence electrons. The van der Waals surface area contributed by atoms with Gasteiger partial charge in [-0.15, -0.1) is 11.3 Å². The second-order valence-electron chi connectivity index (χ2n) is 16.1. The van der Waals surface area contributed by atoms with Gasteiger partial charge in [0, 0.05) is 42.5 Å². The summed E-state index contributed by atoms with van der Waals surface area (Å²) in [6.07, 6.45) is 0. The Morgan fingerprint density at radius 3 is 1.54 bits per heavy atom. The molecule has 1 aliphatic carbocycles. The summed E-state index contributed by atoms with van der Waals surface area (Å²) in [5, 5.41) is 2.56. The zero-order chi connectivity index (χ0) is 39.5. The molecule has 0 fully saturated rings. The third kappa shape index (κ3) is 6.07. The zero-order valence-electron chi connectivity index (χ0n) is 33.1. The fourth-order valence-electron chi connectivity index (χ4n) is 9.25. The van der Waals surface area contributed by atoms with Crippen LogP contribution in [0.4, 0.5) is 17.1 Å². The molecule has 59 heavy (non-hydrogen) atoms. The van der Waals surface area contributed by atoms with Gasteiger partial charge in [0.25, 0.3) is 0 Å². The SMILES string of the molecule is CC1(C)c2ccccc2-c2ccc(N(c3ccc(-c4ccccc4)cc3)c3cc4c(cc3-c3cc(-c5ccccc5)cc(-c5ccccc5)c3)sc3ccccc34)cc21. The molecular formula is C57H41NS. The third-order valence-electron chi connectivity index (χ3n) is 12.3. The highest BCUT2D eigenvalue weighted by atomic mass is 32.1. The topological polar surface area (TPSA) is 3.24 Å². The molecule has 0 radical (unpaired) electrons. The molecule has 10 aromatic rings. The Bertz CT molecular complexity index is 3100. The van der Waals surface area contributed by atoms with Crippen molar-refractivity contribution < 1.29 is 0 Å². The molecule has 2 heteroatoms. The summed E-state index contributed by atoms with van der Waals surface area (Å²) >= 11 is 1.87. The molecule has 0 amide bonds. The van der Waals surface area contributed by atoms with Crippen LogP contribution >= 0.6 is 11.3 Å². The molecule has 1 aromatic heterocycles. The van der Waals surface area contributed by atoms with Crippen LogP contribution in [0.5, 0.6) is 0 Å². The lowest BCUT2D eigenvalue weighted by Gasteiger charge is -2.30. The Labute approximate surface area is 350 Å². The van der Waals surface area contributed by atoms with Crippen molar-refractivity contribution in [1.29, 1.82) is 0 Å². The highest BCUT2D eigenvalue weighted by molar-refractivity contribution is 7.25. The number of hydrogen-bond donors (Lipinski definition) is 0. The maximum absolute atomic E-state index is 2.51. The van der Waals surface area contributed by atoms with E-state index in [1.807, 2.05) is 11.3 Å². The Hall–Kier alpha value is -7.00. The molecule has 0 saturated carbocycles. The summed E-state index contributed by atoms with van der Waals surface area (Å²) in [7, 11) is 0. The Kier molecular flexibility index (Phi) is 8.43. The first kappa shape index (κ1) is 35.2. The quantitative estimate of drug-likeness (QED) is 0.156. The summed E-state index contributed by atoms with van der Waals surface area (Å²) in [5.74, 6) is 0. The Balaban J connectivity index is 1.20. The van der Waals surface area contributed by atoms with Gasteiger partial charge >= 0.3 is 0 Å². The average Bonchev–Trinajstić information content (AvgIpc) is 3.78. The lowest BCUT2D eigenvalue weighted by atomic mass is 9.82. The van der Waals surface area contributed by atoms with Crippen molar-refractivity contribution in [3.8, 4) is 55.6 Å². The van der Waals surface area contributed by atoms with Gasteiger partial charge in [0.05, 0.1) is 5.69 Å². The number of anilines is 3. The second-order valence-corrected chi connectivity index (χ2v) is 17.2. The average molecular weight is 772 g/mol. The molecule has 1 heterocycles. The van der Waals surface area contributed by atoms with E-state index < -0.39 is 0 Å². The van der Waals surface area contributed by atoms with Gasteiger partial charge in [0.2, 0.25) is 0 Å². The Morgan fingerprint density at radius 1 is 0.339 bits per heavy atom. The standard InChI is InChI=1S/C57H41NS/c1-57(2)52-24-14-12-22-47(52)48-31-30-46(35-53(48)57)58(45-28-26-41(27-29-45)38-16-6-3-7-17-38)54-36-51-49-23-13-15-25-55(49)59-56(51)37-50(54)44-33-42(39-18-8-4-9-19-39)32-43(34-44)40-20-10-5-11-21-40/h3-37H,1-2H3. The van der Waals surface area contributed by atoms with E-state index in [2.05, 4.69) is 231 Å². The normalized spacial score (nSPS) is 12.7. The molecule has 0 aliphatic heterocycles. The predicted molar refractivity (Wildman–Crippen MR) is 253 cm³/mol. The van der Waals surface area contributed by atoms with Gasteiger partial charge in [0.1, 0.15) is 0 Å². The van der Waals surface area contributed by atoms with E-state index in [0.717, 1.165) is 17.1 Å². The van der Waals surface area contributed by atoms with Crippen molar-refractivity contribution in [2.75, 3.05) is 4.90 Å². The van der Waals surface area contributed by atoms with Crippen LogP contribution in [0.1, 0.15) is 25.0 Å². The lowest BCUT2D eigenvalue weighted by molar-refractivity contribution is 0.660. The molecule has 0 unspecified atom stereocenters. The highest BCUT2D eigenvalue weighted by Crippen LogP contribution is 2.52. The molecule has 0 atom stereocenters. The molecule has 0 bridgehead atoms. The van der Waals surface area contributed by atoms with Gasteiger partial charge in [-0.3, -0.25) is 0 Å². The molecule has 1 aliphatic rings. The Morgan fingerprint density at radius 2 is 0.864 bits per heavy atom. The minimum atomic E-state index is -0.143. The van der Waals surface area contributed by atoms with Crippen molar-refractivity contribution >= 4 is 48.6 Å². The van der Waals surface area contributed by atoms with Crippen LogP contribution in [0.2, 0.25) is 0 Å². The van der Waals surface area contributed by atoms with Gasteiger partial charge in [-0.1, -0.05) is 166 Å². The van der Waals surface area contributed by atoms with Gasteiger partial charge in [-0.05, 0) is 122 Å². The number of nitrogens with zero attached hydrogens (tertiary/aromatic N) is 1. The van der Waals surface area contributed by atoms with Crippen LogP contribution in [0.3, 0.4) is 0 Å². The van der Waals surface area contributed by atoms with Crippen LogP contribution < -0.4 is 4.90 Å². The minimum Gasteiger partial charge on any atom is -0.310 e. The van der Waals surface area contributed by atoms with Gasteiger partial charge < -0.3 is 4.90 Å². The first-order valence-corrected chi connectivity index (χ1v) is 21.2. The van der Waals surface area contributed by atoms with Crippen LogP contribution in [0.15, 0.2) is 212 Å². The van der Waals surface area contributed by atoms with Crippen molar-refractivity contribution in [3.63, 3.8) is 0 Å². The van der Waals surface area contributed by atoms with Crippen LogP contribution in [0.25, 0.3) is 75.8 Å². The first-order chi connectivity index (χ1) is 29.0. The van der Waals surface area contributed by atoms with E-state index >= 15 is 0 Å². The van der Waals surface area contributed by atoms with E-state index in [1.165, 1.54) is 86.9 Å². The highest BCUT2D eigenvalue weighted by Gasteiger charge is 2.36. The molecule has 1 nitrogen and oxygen atoms in total. The van der Waals surface area contributed by atoms with Crippen molar-refractivity contribution in [3.05, 3.63) is 223 Å². The maximum atomic E-state index is 2.51. The van der Waals surface area contributed by atoms with E-state index in [9.17, 15) is 0 Å². The summed E-state index contributed by atoms with van der Waals surface area (Å²) in [6.45, 7) is 4.74. The van der Waals surface area contributed by atoms with Gasteiger partial charge in [-0.2, -0.15) is 0 Å². The van der Waals surface area contributed by atoms with E-state index in [0.29, 0.717) is 0 Å². The maximum Gasteiger partial charge on any atom is 0.0547 e. The van der Waals surface area contributed by atoms with E-state index in [-0.39, 0.29) is 5.41 Å². The van der Waals surface area contributed by atoms with Crippen molar-refractivity contribution in [2.24, 2.45) is 0 Å². The van der Waals surface area contributed by atoms with Crippen LogP contribution in [-0.2, 0) is 5.41 Å². The van der Waals surface area contributed by atoms with Crippen LogP contribution in [0, 0.1) is 0 Å². The zero-order valence-corrected chi connectivity index (χ0v) is 33.9. The minimum absolute atomic E-state index is 0.143. The monoisotopic (exact) mass is 771 g/mol. The largest absolute Gasteiger partial charge is 0.310 e. The molecule has 11 rings (SSSR count). The molecule has 0 saturated heterocycles. The first-order valence-electron chi connectivity index (χ1n) is 20.4.